The first-order valence-electron chi connectivity index (χ1n) is 12.0. The predicted octanol–water partition coefficient (Wildman–Crippen LogP) is 4.53. The summed E-state index contributed by atoms with van der Waals surface area (Å²) in [5, 5.41) is 23.7. The van der Waals surface area contributed by atoms with Crippen molar-refractivity contribution >= 4 is 17.5 Å². The molecule has 0 aliphatic rings. The molecule has 17 heteroatoms. The van der Waals surface area contributed by atoms with Crippen molar-refractivity contribution < 1.29 is 32.6 Å². The van der Waals surface area contributed by atoms with Gasteiger partial charge in [0.2, 0.25) is 12.1 Å². The third-order valence-corrected chi connectivity index (χ3v) is 4.66. The van der Waals surface area contributed by atoms with E-state index in [-0.39, 0.29) is 51.1 Å². The van der Waals surface area contributed by atoms with Crippen molar-refractivity contribution in [3.63, 3.8) is 0 Å². The number of H-pyrrole nitrogens is 2. The number of alkyl halides is 1. The Labute approximate surface area is 257 Å². The summed E-state index contributed by atoms with van der Waals surface area (Å²) in [6, 6.07) is 1.15. The molecule has 0 amide bonds. The number of aromatic nitrogens is 6. The van der Waals surface area contributed by atoms with E-state index >= 15 is 0 Å². The molecule has 13 nitrogen and oxygen atoms in total. The Morgan fingerprint density at radius 3 is 1.61 bits per heavy atom. The number of nitrogens with two attached hydrogens (primary N) is 3. The second-order valence-electron chi connectivity index (χ2n) is 8.04. The third kappa shape index (κ3) is 17.7. The fourth-order valence-corrected chi connectivity index (χ4v) is 2.66. The van der Waals surface area contributed by atoms with Crippen LogP contribution in [-0.4, -0.2) is 53.5 Å². The SMILES string of the molecule is C.C.C.CC(=O)C(F)C#N.CCCc1c(F)c(C)nn1C(C)=O.CCCc1n[nH]c(C)c1F.Cc1[nH]nc(N)c1F.NN.O. The van der Waals surface area contributed by atoms with E-state index in [0.717, 1.165) is 36.9 Å². The first kappa shape index (κ1) is 52.5. The van der Waals surface area contributed by atoms with Crippen LogP contribution in [0.25, 0.3) is 0 Å². The molecule has 0 aromatic carbocycles. The smallest absolute Gasteiger partial charge is 0.244 e. The van der Waals surface area contributed by atoms with Gasteiger partial charge in [-0.2, -0.15) is 20.6 Å². The average molecular weight is 641 g/mol. The van der Waals surface area contributed by atoms with Crippen LogP contribution < -0.4 is 17.4 Å². The molecule has 0 bridgehead atoms. The number of hydrazine groups is 1. The van der Waals surface area contributed by atoms with Crippen LogP contribution in [-0.2, 0) is 17.6 Å². The van der Waals surface area contributed by atoms with Gasteiger partial charge in [0, 0.05) is 6.92 Å². The van der Waals surface area contributed by atoms with E-state index in [0.29, 0.717) is 34.9 Å². The van der Waals surface area contributed by atoms with E-state index in [9.17, 15) is 27.2 Å². The van der Waals surface area contributed by atoms with Crippen molar-refractivity contribution in [2.45, 2.75) is 103 Å². The summed E-state index contributed by atoms with van der Waals surface area (Å²) >= 11 is 0. The van der Waals surface area contributed by atoms with Gasteiger partial charge in [-0.1, -0.05) is 49.0 Å². The van der Waals surface area contributed by atoms with E-state index in [1.165, 1.54) is 6.92 Å². The van der Waals surface area contributed by atoms with Crippen molar-refractivity contribution in [2.75, 3.05) is 5.73 Å². The number of carbonyl (C=O) groups is 2. The Kier molecular flexibility index (Phi) is 33.0. The van der Waals surface area contributed by atoms with Gasteiger partial charge in [-0.15, -0.1) is 0 Å². The number of Topliss-reactive ketones (excluding diaryl/α,β-unsaturated/α-hetero) is 1. The standard InChI is InChI=1S/C9H13FN2O.C7H11FN2.C4H6FN3.C4H4FNO.3CH4.H4N2.H2O/c1-4-5-8-9(10)6(2)11-12(8)7(3)13;1-3-4-6-7(8)5(2)9-10-6;1-2-3(5)4(6)8-7-2;1-3(7)4(5)2-6;;;;1-2;/h4-5H2,1-3H3;3-4H2,1-2H3,(H,9,10);1H3,(H3,6,7,8);4H,1H3;3*1H4;1-2H2;1H2. The van der Waals surface area contributed by atoms with Gasteiger partial charge in [0.05, 0.1) is 28.5 Å². The molecule has 44 heavy (non-hydrogen) atoms. The highest BCUT2D eigenvalue weighted by Crippen LogP contribution is 2.13. The monoisotopic (exact) mass is 640 g/mol. The van der Waals surface area contributed by atoms with Crippen LogP contribution in [0.4, 0.5) is 23.4 Å². The second kappa shape index (κ2) is 27.7. The van der Waals surface area contributed by atoms with Crippen LogP contribution in [0.1, 0.15) is 96.1 Å². The molecule has 3 heterocycles. The molecule has 0 aliphatic heterocycles. The molecule has 0 saturated carbocycles. The van der Waals surface area contributed by atoms with Crippen LogP contribution in [0.15, 0.2) is 0 Å². The zero-order valence-corrected chi connectivity index (χ0v) is 24.2. The zero-order chi connectivity index (χ0) is 31.6. The minimum absolute atomic E-state index is 0. The van der Waals surface area contributed by atoms with Crippen molar-refractivity contribution in [1.82, 2.24) is 30.2 Å². The number of aromatic amines is 2. The maximum Gasteiger partial charge on any atom is 0.244 e. The minimum atomic E-state index is -1.93. The van der Waals surface area contributed by atoms with Gasteiger partial charge in [-0.05, 0) is 40.5 Å². The van der Waals surface area contributed by atoms with E-state index in [1.807, 2.05) is 13.8 Å². The third-order valence-electron chi connectivity index (χ3n) is 4.66. The summed E-state index contributed by atoms with van der Waals surface area (Å²) in [6.45, 7) is 11.2. The summed E-state index contributed by atoms with van der Waals surface area (Å²) in [5.74, 6) is 5.98. The summed E-state index contributed by atoms with van der Waals surface area (Å²) in [5.41, 5.74) is 7.17. The maximum atomic E-state index is 13.3. The van der Waals surface area contributed by atoms with Crippen molar-refractivity contribution in [3.05, 3.63) is 45.9 Å². The molecule has 256 valence electrons. The molecule has 3 rings (SSSR count). The number of rotatable bonds is 5. The van der Waals surface area contributed by atoms with Gasteiger partial charge in [0.15, 0.2) is 29.1 Å². The lowest BCUT2D eigenvalue weighted by Crippen LogP contribution is -2.12. The number of anilines is 1. The number of hydrogen-bond acceptors (Lipinski definition) is 9. The largest absolute Gasteiger partial charge is 0.412 e. The lowest BCUT2D eigenvalue weighted by Gasteiger charge is -2.00. The fourth-order valence-electron chi connectivity index (χ4n) is 2.66. The van der Waals surface area contributed by atoms with Gasteiger partial charge in [0.1, 0.15) is 6.07 Å². The van der Waals surface area contributed by atoms with Gasteiger partial charge >= 0.3 is 0 Å². The predicted molar refractivity (Wildman–Crippen MR) is 166 cm³/mol. The van der Waals surface area contributed by atoms with Crippen LogP contribution in [0.3, 0.4) is 0 Å². The molecule has 3 aromatic heterocycles. The molecule has 0 aliphatic carbocycles. The summed E-state index contributed by atoms with van der Waals surface area (Å²) in [6.07, 6.45) is 1.07. The Hall–Kier alpha value is -4.14. The van der Waals surface area contributed by atoms with E-state index in [2.05, 4.69) is 37.2 Å². The normalized spacial score (nSPS) is 9.27. The molecule has 1 atom stereocenters. The van der Waals surface area contributed by atoms with Crippen LogP contribution in [0, 0.1) is 49.6 Å². The molecule has 3 aromatic rings. The molecule has 1 unspecified atom stereocenters. The number of nitrogens with one attached hydrogen (secondary N) is 2. The number of nitriles is 1. The Morgan fingerprint density at radius 2 is 1.36 bits per heavy atom. The highest BCUT2D eigenvalue weighted by atomic mass is 19.1. The van der Waals surface area contributed by atoms with Crippen LogP contribution in [0.5, 0.6) is 0 Å². The average Bonchev–Trinajstić information content (AvgIpc) is 3.52. The van der Waals surface area contributed by atoms with Gasteiger partial charge < -0.3 is 11.2 Å². The quantitative estimate of drug-likeness (QED) is 0.149. The zero-order valence-electron chi connectivity index (χ0n) is 24.2. The lowest BCUT2D eigenvalue weighted by atomic mass is 10.2. The first-order valence-corrected chi connectivity index (χ1v) is 12.0. The van der Waals surface area contributed by atoms with E-state index < -0.39 is 17.8 Å². The first-order chi connectivity index (χ1) is 18.7. The topological polar surface area (TPSA) is 243 Å². The molecule has 10 N–H and O–H groups in total. The number of nitrogen functional groups attached to an aromatic ring is 1. The fraction of sp³-hybridized carbons (Fsp3) is 0.556. The molecule has 0 fully saturated rings. The maximum absolute atomic E-state index is 13.3. The number of ketones is 1. The highest BCUT2D eigenvalue weighted by molar-refractivity contribution is 5.82. The Morgan fingerprint density at radius 1 is 0.909 bits per heavy atom. The number of halogens is 4. The Balaban J connectivity index is -0.000000107. The van der Waals surface area contributed by atoms with E-state index in [1.54, 1.807) is 20.8 Å². The lowest BCUT2D eigenvalue weighted by molar-refractivity contribution is -0.119. The number of carbonyl (C=O) groups excluding carboxylic acids is 2. The van der Waals surface area contributed by atoms with E-state index in [4.69, 9.17) is 11.0 Å². The number of hydrogen-bond donors (Lipinski definition) is 5. The number of nitrogens with zero attached hydrogens (tertiary/aromatic N) is 5. The highest BCUT2D eigenvalue weighted by Gasteiger charge is 2.16. The summed E-state index contributed by atoms with van der Waals surface area (Å²) in [4.78, 5) is 20.8. The molecular weight excluding hydrogens is 588 g/mol. The van der Waals surface area contributed by atoms with Gasteiger partial charge in [-0.25, -0.2) is 22.2 Å². The summed E-state index contributed by atoms with van der Waals surface area (Å²) < 4.78 is 51.2. The molecule has 0 spiro atoms. The second-order valence-corrected chi connectivity index (χ2v) is 8.04. The van der Waals surface area contributed by atoms with Crippen LogP contribution in [0.2, 0.25) is 0 Å². The molecule has 0 radical (unpaired) electrons. The van der Waals surface area contributed by atoms with Gasteiger partial charge in [0.25, 0.3) is 0 Å². The summed E-state index contributed by atoms with van der Waals surface area (Å²) in [7, 11) is 0. The Bertz CT molecular complexity index is 1220. The van der Waals surface area contributed by atoms with Gasteiger partial charge in [-0.3, -0.25) is 31.5 Å². The molecule has 0 saturated heterocycles. The molecular formula is C27H52F4N10O3. The minimum Gasteiger partial charge on any atom is -0.412 e. The van der Waals surface area contributed by atoms with Crippen molar-refractivity contribution in [1.29, 1.82) is 5.26 Å². The van der Waals surface area contributed by atoms with Crippen LogP contribution >= 0.6 is 0 Å². The number of aryl methyl sites for hydroxylation is 4. The van der Waals surface area contributed by atoms with Crippen molar-refractivity contribution in [3.8, 4) is 6.07 Å². The van der Waals surface area contributed by atoms with Crippen molar-refractivity contribution in [2.24, 2.45) is 11.7 Å².